The van der Waals surface area contributed by atoms with Crippen LogP contribution >= 0.6 is 0 Å². The van der Waals surface area contributed by atoms with Crippen LogP contribution in [0.15, 0.2) is 30.3 Å². The van der Waals surface area contributed by atoms with Crippen molar-refractivity contribution in [1.29, 1.82) is 0 Å². The molecule has 3 rings (SSSR count). The van der Waals surface area contributed by atoms with Crippen LogP contribution in [0.5, 0.6) is 0 Å². The molecule has 0 spiro atoms. The first-order chi connectivity index (χ1) is 10.8. The SMILES string of the molecule is O=C(CCNC(c1ccccc1)C1CCC1)N1CCOCC1. The first-order valence-electron chi connectivity index (χ1n) is 8.48. The maximum atomic E-state index is 12.2. The number of rotatable bonds is 6. The van der Waals surface area contributed by atoms with Crippen molar-refractivity contribution in [3.05, 3.63) is 35.9 Å². The summed E-state index contributed by atoms with van der Waals surface area (Å²) in [6.45, 7) is 3.58. The van der Waals surface area contributed by atoms with Crippen LogP contribution in [0.3, 0.4) is 0 Å². The number of carbonyl (C=O) groups is 1. The van der Waals surface area contributed by atoms with Gasteiger partial charge in [-0.1, -0.05) is 36.8 Å². The van der Waals surface area contributed by atoms with Gasteiger partial charge in [0.05, 0.1) is 13.2 Å². The third kappa shape index (κ3) is 3.87. The van der Waals surface area contributed by atoms with E-state index in [2.05, 4.69) is 35.6 Å². The molecule has 1 aromatic rings. The van der Waals surface area contributed by atoms with Crippen LogP contribution in [0.2, 0.25) is 0 Å². The minimum atomic E-state index is 0.247. The zero-order valence-corrected chi connectivity index (χ0v) is 13.2. The highest BCUT2D eigenvalue weighted by Crippen LogP contribution is 2.37. The highest BCUT2D eigenvalue weighted by molar-refractivity contribution is 5.76. The van der Waals surface area contributed by atoms with E-state index in [0.29, 0.717) is 25.7 Å². The van der Waals surface area contributed by atoms with Gasteiger partial charge >= 0.3 is 0 Å². The summed E-state index contributed by atoms with van der Waals surface area (Å²) in [5, 5.41) is 3.63. The summed E-state index contributed by atoms with van der Waals surface area (Å²) in [6, 6.07) is 11.0. The second-order valence-electron chi connectivity index (χ2n) is 6.28. The molecule has 1 N–H and O–H groups in total. The largest absolute Gasteiger partial charge is 0.378 e. The van der Waals surface area contributed by atoms with E-state index in [1.165, 1.54) is 24.8 Å². The molecule has 0 aromatic heterocycles. The second kappa shape index (κ2) is 7.75. The molecule has 22 heavy (non-hydrogen) atoms. The van der Waals surface area contributed by atoms with Crippen LogP contribution < -0.4 is 5.32 Å². The van der Waals surface area contributed by atoms with E-state index < -0.39 is 0 Å². The monoisotopic (exact) mass is 302 g/mol. The molecule has 1 amide bonds. The third-order valence-corrected chi connectivity index (χ3v) is 4.85. The van der Waals surface area contributed by atoms with Crippen molar-refractivity contribution in [1.82, 2.24) is 10.2 Å². The molecule has 2 aliphatic rings. The summed E-state index contributed by atoms with van der Waals surface area (Å²) in [7, 11) is 0. The Morgan fingerprint density at radius 2 is 1.95 bits per heavy atom. The molecule has 0 radical (unpaired) electrons. The zero-order chi connectivity index (χ0) is 15.2. The number of hydrogen-bond acceptors (Lipinski definition) is 3. The Morgan fingerprint density at radius 3 is 2.59 bits per heavy atom. The normalized spacial score (nSPS) is 20.5. The van der Waals surface area contributed by atoms with E-state index >= 15 is 0 Å². The molecule has 1 aliphatic carbocycles. The molecular weight excluding hydrogens is 276 g/mol. The van der Waals surface area contributed by atoms with Gasteiger partial charge in [-0.05, 0) is 24.3 Å². The Morgan fingerprint density at radius 1 is 1.23 bits per heavy atom. The lowest BCUT2D eigenvalue weighted by Crippen LogP contribution is -2.42. The highest BCUT2D eigenvalue weighted by atomic mass is 16.5. The topological polar surface area (TPSA) is 41.6 Å². The van der Waals surface area contributed by atoms with Gasteiger partial charge in [0.25, 0.3) is 0 Å². The van der Waals surface area contributed by atoms with Crippen molar-refractivity contribution in [3.8, 4) is 0 Å². The predicted molar refractivity (Wildman–Crippen MR) is 86.5 cm³/mol. The summed E-state index contributed by atoms with van der Waals surface area (Å²) in [5.74, 6) is 0.970. The first kappa shape index (κ1) is 15.5. The molecule has 2 fully saturated rings. The number of carbonyl (C=O) groups excluding carboxylic acids is 1. The first-order valence-corrected chi connectivity index (χ1v) is 8.48. The van der Waals surface area contributed by atoms with Crippen molar-refractivity contribution >= 4 is 5.91 Å². The summed E-state index contributed by atoms with van der Waals surface area (Å²) in [4.78, 5) is 14.1. The number of nitrogens with zero attached hydrogens (tertiary/aromatic N) is 1. The molecule has 1 saturated heterocycles. The van der Waals surface area contributed by atoms with E-state index in [0.717, 1.165) is 25.6 Å². The van der Waals surface area contributed by atoms with Gasteiger partial charge in [0.2, 0.25) is 5.91 Å². The Labute approximate surface area is 132 Å². The fourth-order valence-electron chi connectivity index (χ4n) is 3.30. The number of nitrogens with one attached hydrogen (secondary N) is 1. The molecule has 0 bridgehead atoms. The smallest absolute Gasteiger partial charge is 0.224 e. The minimum absolute atomic E-state index is 0.247. The average Bonchev–Trinajstić information content (AvgIpc) is 2.53. The van der Waals surface area contributed by atoms with Crippen LogP contribution in [0.4, 0.5) is 0 Å². The standard InChI is InChI=1S/C18H26N2O2/c21-17(20-11-13-22-14-12-20)9-10-19-18(16-7-4-8-16)15-5-2-1-3-6-15/h1-3,5-6,16,18-19H,4,7-14H2. The van der Waals surface area contributed by atoms with Gasteiger partial charge in [-0.2, -0.15) is 0 Å². The van der Waals surface area contributed by atoms with Crippen LogP contribution in [-0.2, 0) is 9.53 Å². The molecule has 4 nitrogen and oxygen atoms in total. The van der Waals surface area contributed by atoms with Crippen LogP contribution in [0, 0.1) is 5.92 Å². The molecule has 1 aliphatic heterocycles. The van der Waals surface area contributed by atoms with Crippen molar-refractivity contribution in [2.45, 2.75) is 31.7 Å². The van der Waals surface area contributed by atoms with E-state index in [-0.39, 0.29) is 5.91 Å². The zero-order valence-electron chi connectivity index (χ0n) is 13.2. The maximum absolute atomic E-state index is 12.2. The average molecular weight is 302 g/mol. The van der Waals surface area contributed by atoms with Gasteiger partial charge in [0.1, 0.15) is 0 Å². The van der Waals surface area contributed by atoms with Gasteiger partial charge in [0.15, 0.2) is 0 Å². The molecular formula is C18H26N2O2. The van der Waals surface area contributed by atoms with Gasteiger partial charge in [-0.25, -0.2) is 0 Å². The maximum Gasteiger partial charge on any atom is 0.224 e. The molecule has 1 unspecified atom stereocenters. The van der Waals surface area contributed by atoms with E-state index in [1.54, 1.807) is 0 Å². The molecule has 1 atom stereocenters. The minimum Gasteiger partial charge on any atom is -0.378 e. The summed E-state index contributed by atoms with van der Waals surface area (Å²) in [5.41, 5.74) is 1.35. The summed E-state index contributed by atoms with van der Waals surface area (Å²) >= 11 is 0. The number of ether oxygens (including phenoxy) is 1. The molecule has 1 heterocycles. The predicted octanol–water partition coefficient (Wildman–Crippen LogP) is 2.37. The number of morpholine rings is 1. The van der Waals surface area contributed by atoms with E-state index in [9.17, 15) is 4.79 Å². The Hall–Kier alpha value is -1.39. The molecule has 120 valence electrons. The third-order valence-electron chi connectivity index (χ3n) is 4.85. The lowest BCUT2D eigenvalue weighted by molar-refractivity contribution is -0.135. The van der Waals surface area contributed by atoms with Gasteiger partial charge in [-0.3, -0.25) is 4.79 Å². The number of hydrogen-bond donors (Lipinski definition) is 1. The van der Waals surface area contributed by atoms with Gasteiger partial charge in [-0.15, -0.1) is 0 Å². The number of amides is 1. The number of benzene rings is 1. The van der Waals surface area contributed by atoms with E-state index in [4.69, 9.17) is 4.74 Å². The van der Waals surface area contributed by atoms with Gasteiger partial charge < -0.3 is 15.0 Å². The van der Waals surface area contributed by atoms with Crippen LogP contribution in [-0.4, -0.2) is 43.7 Å². The van der Waals surface area contributed by atoms with Crippen molar-refractivity contribution in [3.63, 3.8) is 0 Å². The summed E-state index contributed by atoms with van der Waals surface area (Å²) < 4.78 is 5.29. The Kier molecular flexibility index (Phi) is 5.46. The van der Waals surface area contributed by atoms with Crippen LogP contribution in [0.25, 0.3) is 0 Å². The molecule has 1 saturated carbocycles. The van der Waals surface area contributed by atoms with Crippen molar-refractivity contribution in [2.24, 2.45) is 5.92 Å². The van der Waals surface area contributed by atoms with Crippen LogP contribution in [0.1, 0.15) is 37.3 Å². The van der Waals surface area contributed by atoms with Crippen molar-refractivity contribution in [2.75, 3.05) is 32.8 Å². The Balaban J connectivity index is 1.50. The fraction of sp³-hybridized carbons (Fsp3) is 0.611. The van der Waals surface area contributed by atoms with E-state index in [1.807, 2.05) is 4.90 Å². The quantitative estimate of drug-likeness (QED) is 0.877. The summed E-state index contributed by atoms with van der Waals surface area (Å²) in [6.07, 6.45) is 4.51. The fourth-order valence-corrected chi connectivity index (χ4v) is 3.30. The van der Waals surface area contributed by atoms with Gasteiger partial charge in [0, 0.05) is 32.1 Å². The lowest BCUT2D eigenvalue weighted by atomic mass is 9.77. The lowest BCUT2D eigenvalue weighted by Gasteiger charge is -2.35. The molecule has 4 heteroatoms. The highest BCUT2D eigenvalue weighted by Gasteiger charge is 2.28. The second-order valence-corrected chi connectivity index (χ2v) is 6.28. The molecule has 1 aromatic carbocycles. The van der Waals surface area contributed by atoms with Crippen molar-refractivity contribution < 1.29 is 9.53 Å². The Bertz CT molecular complexity index is 467.